The molecule has 1 aliphatic carbocycles. The molecule has 156 valence electrons. The fourth-order valence-corrected chi connectivity index (χ4v) is 6.05. The predicted molar refractivity (Wildman–Crippen MR) is 114 cm³/mol. The highest BCUT2D eigenvalue weighted by molar-refractivity contribution is 7.98. The van der Waals surface area contributed by atoms with Crippen LogP contribution >= 0.6 is 11.8 Å². The highest BCUT2D eigenvalue weighted by Gasteiger charge is 2.25. The van der Waals surface area contributed by atoms with Gasteiger partial charge in [0.25, 0.3) is 5.91 Å². The second-order valence-corrected chi connectivity index (χ2v) is 10.4. The number of thioether (sulfide) groups is 1. The standard InChI is InChI=1S/C21H32N2O3S2/c1-27-20-13-12-18(28(25,26)22-17-10-6-2-3-7-11-17)16-19(20)21(24)23-14-8-4-5-9-15-23/h12-13,16-17,22H,2-11,14-15H2,1H3. The van der Waals surface area contributed by atoms with Gasteiger partial charge in [0.05, 0.1) is 10.5 Å². The minimum atomic E-state index is -3.63. The topological polar surface area (TPSA) is 66.5 Å². The molecule has 0 unspecified atom stereocenters. The summed E-state index contributed by atoms with van der Waals surface area (Å²) in [5.41, 5.74) is 0.512. The van der Waals surface area contributed by atoms with Gasteiger partial charge in [-0.25, -0.2) is 13.1 Å². The first-order chi connectivity index (χ1) is 13.5. The summed E-state index contributed by atoms with van der Waals surface area (Å²) >= 11 is 1.49. The first-order valence-electron chi connectivity index (χ1n) is 10.5. The molecule has 1 saturated heterocycles. The maximum absolute atomic E-state index is 13.1. The summed E-state index contributed by atoms with van der Waals surface area (Å²) in [5, 5.41) is 0. The third-order valence-corrected chi connectivity index (χ3v) is 8.10. The predicted octanol–water partition coefficient (Wildman–Crippen LogP) is 4.43. The van der Waals surface area contributed by atoms with Crippen LogP contribution in [0.5, 0.6) is 0 Å². The average molecular weight is 425 g/mol. The van der Waals surface area contributed by atoms with E-state index < -0.39 is 10.0 Å². The molecule has 1 aromatic carbocycles. The number of rotatable bonds is 5. The summed E-state index contributed by atoms with van der Waals surface area (Å²) in [6.07, 6.45) is 12.5. The molecule has 0 aromatic heterocycles. The van der Waals surface area contributed by atoms with E-state index in [9.17, 15) is 13.2 Å². The molecule has 1 heterocycles. The van der Waals surface area contributed by atoms with Gasteiger partial charge < -0.3 is 4.90 Å². The summed E-state index contributed by atoms with van der Waals surface area (Å²) < 4.78 is 28.8. The third-order valence-electron chi connectivity index (χ3n) is 5.78. The summed E-state index contributed by atoms with van der Waals surface area (Å²) in [6, 6.07) is 4.98. The molecule has 0 radical (unpaired) electrons. The molecule has 3 rings (SSSR count). The van der Waals surface area contributed by atoms with Crippen LogP contribution in [0.25, 0.3) is 0 Å². The number of nitrogens with one attached hydrogen (secondary N) is 1. The van der Waals surface area contributed by atoms with Crippen LogP contribution in [0.2, 0.25) is 0 Å². The molecule has 5 nitrogen and oxygen atoms in total. The Kier molecular flexibility index (Phi) is 7.83. The molecule has 0 atom stereocenters. The number of amides is 1. The Hall–Kier alpha value is -1.05. The molecular formula is C21H32N2O3S2. The Bertz CT molecular complexity index is 764. The number of nitrogens with zero attached hydrogens (tertiary/aromatic N) is 1. The van der Waals surface area contributed by atoms with Gasteiger partial charge in [0, 0.05) is 24.0 Å². The van der Waals surface area contributed by atoms with E-state index in [-0.39, 0.29) is 16.8 Å². The summed E-state index contributed by atoms with van der Waals surface area (Å²) in [7, 11) is -3.63. The summed E-state index contributed by atoms with van der Waals surface area (Å²) in [6.45, 7) is 1.51. The van der Waals surface area contributed by atoms with Gasteiger partial charge in [-0.3, -0.25) is 4.79 Å². The third kappa shape index (κ3) is 5.51. The van der Waals surface area contributed by atoms with Crippen molar-refractivity contribution in [3.05, 3.63) is 23.8 Å². The lowest BCUT2D eigenvalue weighted by molar-refractivity contribution is 0.0758. The highest BCUT2D eigenvalue weighted by Crippen LogP contribution is 2.27. The van der Waals surface area contributed by atoms with Gasteiger partial charge in [-0.15, -0.1) is 11.8 Å². The van der Waals surface area contributed by atoms with Crippen LogP contribution in [-0.4, -0.2) is 44.6 Å². The smallest absolute Gasteiger partial charge is 0.255 e. The minimum absolute atomic E-state index is 0.00233. The zero-order valence-corrected chi connectivity index (χ0v) is 18.4. The maximum Gasteiger partial charge on any atom is 0.255 e. The number of carbonyl (C=O) groups excluding carboxylic acids is 1. The average Bonchev–Trinajstić information content (AvgIpc) is 3.11. The van der Waals surface area contributed by atoms with Crippen LogP contribution in [0, 0.1) is 0 Å². The Morgan fingerprint density at radius 1 is 1.00 bits per heavy atom. The van der Waals surface area contributed by atoms with E-state index in [1.807, 2.05) is 11.2 Å². The SMILES string of the molecule is CSc1ccc(S(=O)(=O)NC2CCCCCC2)cc1C(=O)N1CCCCCC1. The van der Waals surface area contributed by atoms with E-state index in [0.29, 0.717) is 5.56 Å². The highest BCUT2D eigenvalue weighted by atomic mass is 32.2. The zero-order valence-electron chi connectivity index (χ0n) is 16.8. The molecule has 2 fully saturated rings. The van der Waals surface area contributed by atoms with E-state index in [1.54, 1.807) is 18.2 Å². The largest absolute Gasteiger partial charge is 0.339 e. The summed E-state index contributed by atoms with van der Waals surface area (Å²) in [4.78, 5) is 16.1. The molecule has 28 heavy (non-hydrogen) atoms. The van der Waals surface area contributed by atoms with Crippen LogP contribution in [0.15, 0.2) is 28.0 Å². The molecule has 1 aromatic rings. The van der Waals surface area contributed by atoms with Crippen molar-refractivity contribution >= 4 is 27.7 Å². The van der Waals surface area contributed by atoms with Crippen LogP contribution in [-0.2, 0) is 10.0 Å². The van der Waals surface area contributed by atoms with E-state index >= 15 is 0 Å². The second-order valence-electron chi connectivity index (χ2n) is 7.88. The molecule has 0 spiro atoms. The van der Waals surface area contributed by atoms with E-state index in [2.05, 4.69) is 4.72 Å². The van der Waals surface area contributed by atoms with E-state index in [0.717, 1.165) is 69.4 Å². The Morgan fingerprint density at radius 2 is 1.61 bits per heavy atom. The van der Waals surface area contributed by atoms with Gasteiger partial charge in [-0.1, -0.05) is 38.5 Å². The Morgan fingerprint density at radius 3 is 2.21 bits per heavy atom. The Labute approximate surface area is 173 Å². The van der Waals surface area contributed by atoms with Crippen molar-refractivity contribution in [2.75, 3.05) is 19.3 Å². The lowest BCUT2D eigenvalue weighted by Gasteiger charge is -2.22. The van der Waals surface area contributed by atoms with Crippen molar-refractivity contribution in [2.45, 2.75) is 80.0 Å². The molecule has 1 aliphatic heterocycles. The van der Waals surface area contributed by atoms with Crippen LogP contribution < -0.4 is 4.72 Å². The number of likely N-dealkylation sites (tertiary alicyclic amines) is 1. The molecule has 1 N–H and O–H groups in total. The van der Waals surface area contributed by atoms with E-state index in [1.165, 1.54) is 24.6 Å². The first kappa shape index (κ1) is 21.7. The summed E-state index contributed by atoms with van der Waals surface area (Å²) in [5.74, 6) is -0.0437. The van der Waals surface area contributed by atoms with Gasteiger partial charge in [0.2, 0.25) is 10.0 Å². The quantitative estimate of drug-likeness (QED) is 0.561. The Balaban J connectivity index is 1.83. The van der Waals surface area contributed by atoms with Crippen molar-refractivity contribution in [2.24, 2.45) is 0 Å². The van der Waals surface area contributed by atoms with Gasteiger partial charge >= 0.3 is 0 Å². The van der Waals surface area contributed by atoms with Crippen LogP contribution in [0.3, 0.4) is 0 Å². The van der Waals surface area contributed by atoms with Gasteiger partial charge in [0.15, 0.2) is 0 Å². The van der Waals surface area contributed by atoms with Crippen LogP contribution in [0.1, 0.15) is 74.6 Å². The minimum Gasteiger partial charge on any atom is -0.339 e. The fraction of sp³-hybridized carbons (Fsp3) is 0.667. The number of sulfonamides is 1. The molecule has 7 heteroatoms. The van der Waals surface area contributed by atoms with Crippen molar-refractivity contribution in [3.8, 4) is 0 Å². The van der Waals surface area contributed by atoms with Crippen molar-refractivity contribution in [1.29, 1.82) is 0 Å². The maximum atomic E-state index is 13.1. The van der Waals surface area contributed by atoms with Crippen LogP contribution in [0.4, 0.5) is 0 Å². The van der Waals surface area contributed by atoms with Crippen molar-refractivity contribution in [1.82, 2.24) is 9.62 Å². The number of benzene rings is 1. The van der Waals surface area contributed by atoms with Gasteiger partial charge in [0.1, 0.15) is 0 Å². The number of hydrogen-bond donors (Lipinski definition) is 1. The zero-order chi connectivity index (χ0) is 20.0. The molecule has 2 aliphatic rings. The number of hydrogen-bond acceptors (Lipinski definition) is 4. The molecule has 1 amide bonds. The van der Waals surface area contributed by atoms with Crippen molar-refractivity contribution in [3.63, 3.8) is 0 Å². The molecule has 1 saturated carbocycles. The lowest BCUT2D eigenvalue weighted by atomic mass is 10.1. The lowest BCUT2D eigenvalue weighted by Crippen LogP contribution is -2.35. The monoisotopic (exact) mass is 424 g/mol. The number of carbonyl (C=O) groups is 1. The second kappa shape index (κ2) is 10.1. The first-order valence-corrected chi connectivity index (χ1v) is 13.2. The normalized spacial score (nSPS) is 19.8. The molecular weight excluding hydrogens is 392 g/mol. The van der Waals surface area contributed by atoms with E-state index in [4.69, 9.17) is 0 Å². The van der Waals surface area contributed by atoms with Gasteiger partial charge in [-0.05, 0) is 50.1 Å². The van der Waals surface area contributed by atoms with Crippen molar-refractivity contribution < 1.29 is 13.2 Å². The molecule has 0 bridgehead atoms. The fourth-order valence-electron chi connectivity index (χ4n) is 4.15. The van der Waals surface area contributed by atoms with Gasteiger partial charge in [-0.2, -0.15) is 0 Å².